The van der Waals surface area contributed by atoms with Gasteiger partial charge in [-0.15, -0.1) is 5.10 Å². The third-order valence-corrected chi connectivity index (χ3v) is 6.51. The number of nitrogens with one attached hydrogen (secondary N) is 1. The molecule has 1 aliphatic heterocycles. The van der Waals surface area contributed by atoms with E-state index in [1.807, 2.05) is 72.4 Å². The first-order chi connectivity index (χ1) is 18.6. The highest BCUT2D eigenvalue weighted by Crippen LogP contribution is 2.30. The number of aromatic nitrogens is 6. The summed E-state index contributed by atoms with van der Waals surface area (Å²) in [6, 6.07) is 20.0. The van der Waals surface area contributed by atoms with E-state index in [0.29, 0.717) is 18.0 Å². The third-order valence-electron chi connectivity index (χ3n) is 6.51. The summed E-state index contributed by atoms with van der Waals surface area (Å²) in [6.45, 7) is 2.96. The van der Waals surface area contributed by atoms with E-state index in [2.05, 4.69) is 48.2 Å². The van der Waals surface area contributed by atoms with Crippen molar-refractivity contribution in [3.63, 3.8) is 0 Å². The Bertz CT molecular complexity index is 1620. The molecule has 0 fully saturated rings. The normalized spacial score (nSPS) is 13.1. The van der Waals surface area contributed by atoms with Crippen LogP contribution < -0.4 is 16.1 Å². The Kier molecular flexibility index (Phi) is 5.88. The fraction of sp³-hybridized carbons (Fsp3) is 0.154. The van der Waals surface area contributed by atoms with E-state index in [1.165, 1.54) is 10.2 Å². The molecule has 3 N–H and O–H groups in total. The number of benzene rings is 2. The summed E-state index contributed by atoms with van der Waals surface area (Å²) in [6.07, 6.45) is 4.86. The van der Waals surface area contributed by atoms with E-state index >= 15 is 0 Å². The molecular weight excluding hydrogens is 484 g/mol. The number of para-hydroxylation sites is 1. The molecule has 0 saturated carbocycles. The van der Waals surface area contributed by atoms with Crippen LogP contribution in [0.25, 0.3) is 11.5 Å². The number of hydrazone groups is 1. The zero-order valence-electron chi connectivity index (χ0n) is 20.5. The Morgan fingerprint density at radius 2 is 1.87 bits per heavy atom. The Morgan fingerprint density at radius 3 is 2.63 bits per heavy atom. The molecule has 3 aromatic heterocycles. The van der Waals surface area contributed by atoms with Gasteiger partial charge >= 0.3 is 0 Å². The SMILES string of the molecule is CC(=NNC(=O)c1nnn(-c2nonc2N)c1CN1CCc2ccccc21)c1ccc(-n2cccc2)cc1. The fourth-order valence-electron chi connectivity index (χ4n) is 4.51. The van der Waals surface area contributed by atoms with Gasteiger partial charge in [-0.2, -0.15) is 9.78 Å². The lowest BCUT2D eigenvalue weighted by Crippen LogP contribution is -2.26. The number of hydrogen-bond donors (Lipinski definition) is 2. The van der Waals surface area contributed by atoms with Crippen molar-refractivity contribution in [1.82, 2.24) is 35.3 Å². The van der Waals surface area contributed by atoms with Gasteiger partial charge < -0.3 is 15.2 Å². The largest absolute Gasteiger partial charge is 0.378 e. The quantitative estimate of drug-likeness (QED) is 0.252. The van der Waals surface area contributed by atoms with Gasteiger partial charge in [0.15, 0.2) is 5.69 Å². The predicted molar refractivity (Wildman–Crippen MR) is 140 cm³/mol. The molecule has 0 unspecified atom stereocenters. The summed E-state index contributed by atoms with van der Waals surface area (Å²) in [5, 5.41) is 20.1. The van der Waals surface area contributed by atoms with Crippen LogP contribution in [0.3, 0.4) is 0 Å². The molecule has 0 atom stereocenters. The van der Waals surface area contributed by atoms with E-state index < -0.39 is 5.91 Å². The monoisotopic (exact) mass is 508 g/mol. The molecule has 190 valence electrons. The minimum atomic E-state index is -0.503. The number of nitrogens with zero attached hydrogens (tertiary/aromatic N) is 8. The van der Waals surface area contributed by atoms with Crippen LogP contribution in [-0.4, -0.2) is 48.0 Å². The molecule has 38 heavy (non-hydrogen) atoms. The minimum Gasteiger partial charge on any atom is -0.378 e. The molecule has 4 heterocycles. The number of nitrogens with two attached hydrogens (primary N) is 1. The molecule has 5 aromatic rings. The number of amides is 1. The van der Waals surface area contributed by atoms with E-state index in [4.69, 9.17) is 10.4 Å². The molecule has 6 rings (SSSR count). The fourth-order valence-corrected chi connectivity index (χ4v) is 4.51. The first kappa shape index (κ1) is 23.2. The summed E-state index contributed by atoms with van der Waals surface area (Å²) in [4.78, 5) is 15.4. The number of carbonyl (C=O) groups excluding carboxylic acids is 1. The van der Waals surface area contributed by atoms with E-state index in [9.17, 15) is 4.79 Å². The first-order valence-electron chi connectivity index (χ1n) is 12.0. The average molecular weight is 509 g/mol. The van der Waals surface area contributed by atoms with Crippen LogP contribution >= 0.6 is 0 Å². The molecule has 0 aliphatic carbocycles. The van der Waals surface area contributed by atoms with Gasteiger partial charge in [-0.1, -0.05) is 35.5 Å². The topological polar surface area (TPSA) is 145 Å². The van der Waals surface area contributed by atoms with Crippen LogP contribution in [0, 0.1) is 0 Å². The van der Waals surface area contributed by atoms with Crippen molar-refractivity contribution in [3.05, 3.63) is 95.6 Å². The number of fused-ring (bicyclic) bond motifs is 1. The Hall–Kier alpha value is -5.26. The molecule has 0 spiro atoms. The van der Waals surface area contributed by atoms with Gasteiger partial charge in [-0.3, -0.25) is 4.79 Å². The molecule has 0 radical (unpaired) electrons. The van der Waals surface area contributed by atoms with Crippen LogP contribution in [-0.2, 0) is 13.0 Å². The Labute approximate surface area is 217 Å². The average Bonchev–Trinajstić information content (AvgIpc) is 3.75. The van der Waals surface area contributed by atoms with Crippen LogP contribution in [0.1, 0.15) is 34.2 Å². The van der Waals surface area contributed by atoms with Crippen molar-refractivity contribution in [2.75, 3.05) is 17.2 Å². The number of hydrogen-bond acceptors (Lipinski definition) is 9. The summed E-state index contributed by atoms with van der Waals surface area (Å²) in [7, 11) is 0. The van der Waals surface area contributed by atoms with E-state index in [-0.39, 0.29) is 17.3 Å². The van der Waals surface area contributed by atoms with E-state index in [0.717, 1.165) is 29.9 Å². The van der Waals surface area contributed by atoms with Gasteiger partial charge in [-0.05, 0) is 65.1 Å². The zero-order chi connectivity index (χ0) is 26.1. The highest BCUT2D eigenvalue weighted by Gasteiger charge is 2.28. The molecule has 2 aromatic carbocycles. The van der Waals surface area contributed by atoms with Crippen molar-refractivity contribution < 1.29 is 9.42 Å². The molecule has 0 saturated heterocycles. The van der Waals surface area contributed by atoms with Gasteiger partial charge in [0.1, 0.15) is 0 Å². The second-order valence-electron chi connectivity index (χ2n) is 8.85. The minimum absolute atomic E-state index is 0.0437. The summed E-state index contributed by atoms with van der Waals surface area (Å²) in [5.41, 5.74) is 14.0. The zero-order valence-corrected chi connectivity index (χ0v) is 20.5. The molecule has 1 aliphatic rings. The molecule has 12 heteroatoms. The smallest absolute Gasteiger partial charge is 0.293 e. The first-order valence-corrected chi connectivity index (χ1v) is 12.0. The van der Waals surface area contributed by atoms with Crippen molar-refractivity contribution >= 4 is 23.1 Å². The lowest BCUT2D eigenvalue weighted by molar-refractivity contribution is 0.0948. The lowest BCUT2D eigenvalue weighted by atomic mass is 10.1. The van der Waals surface area contributed by atoms with Crippen LogP contribution in [0.2, 0.25) is 0 Å². The van der Waals surface area contributed by atoms with Crippen LogP contribution in [0.5, 0.6) is 0 Å². The van der Waals surface area contributed by atoms with Crippen molar-refractivity contribution in [2.45, 2.75) is 19.9 Å². The van der Waals surface area contributed by atoms with Gasteiger partial charge in [0.05, 0.1) is 18.0 Å². The van der Waals surface area contributed by atoms with E-state index in [1.54, 1.807) is 0 Å². The van der Waals surface area contributed by atoms with Crippen molar-refractivity contribution in [3.8, 4) is 11.5 Å². The number of rotatable bonds is 7. The predicted octanol–water partition coefficient (Wildman–Crippen LogP) is 2.74. The maximum absolute atomic E-state index is 13.3. The van der Waals surface area contributed by atoms with Gasteiger partial charge in [-0.25, -0.2) is 10.1 Å². The summed E-state index contributed by atoms with van der Waals surface area (Å²) in [5.74, 6) is -0.291. The molecule has 1 amide bonds. The number of carbonyl (C=O) groups is 1. The number of anilines is 2. The Balaban J connectivity index is 1.26. The van der Waals surface area contributed by atoms with Crippen molar-refractivity contribution in [1.29, 1.82) is 0 Å². The highest BCUT2D eigenvalue weighted by molar-refractivity contribution is 6.00. The Morgan fingerprint density at radius 1 is 1.08 bits per heavy atom. The van der Waals surface area contributed by atoms with Gasteiger partial charge in [0, 0.05) is 30.3 Å². The van der Waals surface area contributed by atoms with Gasteiger partial charge in [0.2, 0.25) is 11.6 Å². The molecular formula is C26H24N10O2. The summed E-state index contributed by atoms with van der Waals surface area (Å²) < 4.78 is 8.16. The van der Waals surface area contributed by atoms with Crippen LogP contribution in [0.4, 0.5) is 11.5 Å². The maximum Gasteiger partial charge on any atom is 0.293 e. The number of nitrogen functional groups attached to an aromatic ring is 1. The highest BCUT2D eigenvalue weighted by atomic mass is 16.6. The van der Waals surface area contributed by atoms with Crippen LogP contribution in [0.15, 0.2) is 82.8 Å². The summed E-state index contributed by atoms with van der Waals surface area (Å²) >= 11 is 0. The maximum atomic E-state index is 13.3. The molecule has 0 bridgehead atoms. The van der Waals surface area contributed by atoms with Gasteiger partial charge in [0.25, 0.3) is 5.91 Å². The molecule has 12 nitrogen and oxygen atoms in total. The second kappa shape index (κ2) is 9.65. The standard InChI is InChI=1S/C26H24N10O2/c1-17(18-8-10-20(11-9-18)34-13-4-5-14-34)28-30-26(37)23-22(36(33-29-23)25-24(27)31-38-32-25)16-35-15-12-19-6-2-3-7-21(19)35/h2-11,13-14H,12,15-16H2,1H3,(H2,27,31)(H,30,37). The second-order valence-corrected chi connectivity index (χ2v) is 8.85. The lowest BCUT2D eigenvalue weighted by Gasteiger charge is -2.19. The third kappa shape index (κ3) is 4.28. The van der Waals surface area contributed by atoms with Crippen molar-refractivity contribution in [2.24, 2.45) is 5.10 Å².